The van der Waals surface area contributed by atoms with Gasteiger partial charge in [-0.25, -0.2) is 0 Å². The highest BCUT2D eigenvalue weighted by molar-refractivity contribution is 5.97. The highest BCUT2D eigenvalue weighted by Crippen LogP contribution is 2.17. The summed E-state index contributed by atoms with van der Waals surface area (Å²) < 4.78 is 0. The van der Waals surface area contributed by atoms with Crippen molar-refractivity contribution in [1.29, 1.82) is 0 Å². The van der Waals surface area contributed by atoms with Gasteiger partial charge in [0.15, 0.2) is 5.78 Å². The maximum atomic E-state index is 12.3. The van der Waals surface area contributed by atoms with E-state index in [4.69, 9.17) is 5.73 Å². The molecule has 1 amide bonds. The van der Waals surface area contributed by atoms with Crippen LogP contribution in [0.15, 0.2) is 60.7 Å². The van der Waals surface area contributed by atoms with Gasteiger partial charge >= 0.3 is 0 Å². The summed E-state index contributed by atoms with van der Waals surface area (Å²) in [6, 6.07) is 19.0. The summed E-state index contributed by atoms with van der Waals surface area (Å²) in [5, 5.41) is 3.22. The van der Waals surface area contributed by atoms with Gasteiger partial charge in [0.05, 0.1) is 6.54 Å². The van der Waals surface area contributed by atoms with Gasteiger partial charge < -0.3 is 11.1 Å². The van der Waals surface area contributed by atoms with E-state index >= 15 is 0 Å². The Balaban J connectivity index is 2.06. The van der Waals surface area contributed by atoms with Crippen molar-refractivity contribution in [3.63, 3.8) is 0 Å². The molecule has 0 heterocycles. The molecule has 120 valence electrons. The number of carbonyl (C=O) groups is 2. The first-order chi connectivity index (χ1) is 11.0. The minimum absolute atomic E-state index is 0.00522. The van der Waals surface area contributed by atoms with Crippen LogP contribution in [-0.2, 0) is 11.2 Å². The summed E-state index contributed by atoms with van der Waals surface area (Å²) in [5.41, 5.74) is 6.58. The topological polar surface area (TPSA) is 72.2 Å². The summed E-state index contributed by atoms with van der Waals surface area (Å²) in [6.07, 6.45) is 0.794. The standard InChI is InChI=1S/C19H22N2O2/c1-19(13-18(20)23,12-15-8-4-2-5-9-15)21-14-17(22)16-10-6-3-7-11-16/h2-11,21H,12-14H2,1H3,(H2,20,23)/t19-/m0/s1. The Morgan fingerprint density at radius 3 is 2.13 bits per heavy atom. The Morgan fingerprint density at radius 1 is 1.00 bits per heavy atom. The molecule has 0 aromatic heterocycles. The lowest BCUT2D eigenvalue weighted by atomic mass is 9.89. The van der Waals surface area contributed by atoms with Crippen LogP contribution in [0.2, 0.25) is 0 Å². The van der Waals surface area contributed by atoms with Gasteiger partial charge in [-0.15, -0.1) is 0 Å². The second-order valence-corrected chi connectivity index (χ2v) is 6.01. The summed E-state index contributed by atoms with van der Waals surface area (Å²) in [5.74, 6) is -0.391. The van der Waals surface area contributed by atoms with Crippen LogP contribution in [0, 0.1) is 0 Å². The van der Waals surface area contributed by atoms with Crippen molar-refractivity contribution in [2.75, 3.05) is 6.54 Å². The quantitative estimate of drug-likeness (QED) is 0.735. The molecule has 23 heavy (non-hydrogen) atoms. The number of ketones is 1. The molecule has 2 aromatic carbocycles. The monoisotopic (exact) mass is 310 g/mol. The van der Waals surface area contributed by atoms with Crippen LogP contribution in [-0.4, -0.2) is 23.8 Å². The number of amides is 1. The van der Waals surface area contributed by atoms with E-state index in [2.05, 4.69) is 5.32 Å². The van der Waals surface area contributed by atoms with Crippen LogP contribution in [0.1, 0.15) is 29.3 Å². The molecule has 0 aliphatic heterocycles. The number of hydrogen-bond donors (Lipinski definition) is 2. The first-order valence-corrected chi connectivity index (χ1v) is 7.64. The molecule has 4 nitrogen and oxygen atoms in total. The molecule has 4 heteroatoms. The largest absolute Gasteiger partial charge is 0.370 e. The van der Waals surface area contributed by atoms with E-state index in [-0.39, 0.29) is 24.7 Å². The molecule has 0 aliphatic carbocycles. The molecule has 0 radical (unpaired) electrons. The van der Waals surface area contributed by atoms with E-state index < -0.39 is 5.54 Å². The Hall–Kier alpha value is -2.46. The third-order valence-corrected chi connectivity index (χ3v) is 3.77. The predicted molar refractivity (Wildman–Crippen MR) is 91.1 cm³/mol. The SMILES string of the molecule is C[C@@](CC(N)=O)(Cc1ccccc1)NCC(=O)c1ccccc1. The van der Waals surface area contributed by atoms with Crippen LogP contribution in [0.3, 0.4) is 0 Å². The van der Waals surface area contributed by atoms with Gasteiger partial charge in [-0.05, 0) is 18.9 Å². The highest BCUT2D eigenvalue weighted by atomic mass is 16.1. The van der Waals surface area contributed by atoms with Gasteiger partial charge in [0.25, 0.3) is 0 Å². The van der Waals surface area contributed by atoms with E-state index in [1.807, 2.05) is 55.5 Å². The van der Waals surface area contributed by atoms with Crippen LogP contribution in [0.5, 0.6) is 0 Å². The number of carbonyl (C=O) groups excluding carboxylic acids is 2. The van der Waals surface area contributed by atoms with Crippen molar-refractivity contribution in [2.24, 2.45) is 5.73 Å². The fourth-order valence-electron chi connectivity index (χ4n) is 2.64. The lowest BCUT2D eigenvalue weighted by molar-refractivity contribution is -0.119. The van der Waals surface area contributed by atoms with Gasteiger partial charge in [-0.2, -0.15) is 0 Å². The number of hydrogen-bond acceptors (Lipinski definition) is 3. The van der Waals surface area contributed by atoms with Gasteiger partial charge in [0.1, 0.15) is 0 Å². The fraction of sp³-hybridized carbons (Fsp3) is 0.263. The van der Waals surface area contributed by atoms with Crippen LogP contribution in [0.25, 0.3) is 0 Å². The van der Waals surface area contributed by atoms with E-state index in [0.717, 1.165) is 5.56 Å². The Labute approximate surface area is 136 Å². The summed E-state index contributed by atoms with van der Waals surface area (Å²) in [7, 11) is 0. The lowest BCUT2D eigenvalue weighted by Crippen LogP contribution is -2.49. The zero-order valence-corrected chi connectivity index (χ0v) is 13.3. The predicted octanol–water partition coefficient (Wildman–Crippen LogP) is 2.34. The molecule has 0 fully saturated rings. The average molecular weight is 310 g/mol. The van der Waals surface area contributed by atoms with Gasteiger partial charge in [-0.1, -0.05) is 60.7 Å². The van der Waals surface area contributed by atoms with Crippen molar-refractivity contribution in [2.45, 2.75) is 25.3 Å². The summed E-state index contributed by atoms with van der Waals surface area (Å²) in [4.78, 5) is 23.7. The Bertz CT molecular complexity index is 656. The zero-order valence-electron chi connectivity index (χ0n) is 13.3. The number of rotatable bonds is 8. The van der Waals surface area contributed by atoms with Crippen LogP contribution in [0.4, 0.5) is 0 Å². The molecule has 2 rings (SSSR count). The van der Waals surface area contributed by atoms with Crippen molar-refractivity contribution in [3.05, 3.63) is 71.8 Å². The molecule has 0 aliphatic rings. The highest BCUT2D eigenvalue weighted by Gasteiger charge is 2.27. The molecule has 1 atom stereocenters. The van der Waals surface area contributed by atoms with Crippen molar-refractivity contribution < 1.29 is 9.59 Å². The number of Topliss-reactive ketones (excluding diaryl/α,β-unsaturated/α-hetero) is 1. The third kappa shape index (κ3) is 5.34. The van der Waals surface area contributed by atoms with Crippen molar-refractivity contribution in [3.8, 4) is 0 Å². The molecule has 0 spiro atoms. The number of benzene rings is 2. The molecule has 2 aromatic rings. The number of primary amides is 1. The summed E-state index contributed by atoms with van der Waals surface area (Å²) in [6.45, 7) is 2.09. The first kappa shape index (κ1) is 16.9. The van der Waals surface area contributed by atoms with Crippen LogP contribution >= 0.6 is 0 Å². The second kappa shape index (κ2) is 7.70. The minimum Gasteiger partial charge on any atom is -0.370 e. The number of nitrogens with two attached hydrogens (primary N) is 1. The van der Waals surface area contributed by atoms with E-state index in [0.29, 0.717) is 12.0 Å². The summed E-state index contributed by atoms with van der Waals surface area (Å²) >= 11 is 0. The minimum atomic E-state index is -0.558. The average Bonchev–Trinajstić information content (AvgIpc) is 2.53. The smallest absolute Gasteiger partial charge is 0.219 e. The molecular weight excluding hydrogens is 288 g/mol. The Kier molecular flexibility index (Phi) is 5.66. The first-order valence-electron chi connectivity index (χ1n) is 7.64. The molecule has 0 saturated heterocycles. The van der Waals surface area contributed by atoms with Crippen LogP contribution < -0.4 is 11.1 Å². The van der Waals surface area contributed by atoms with E-state index in [9.17, 15) is 9.59 Å². The molecule has 0 bridgehead atoms. The maximum absolute atomic E-state index is 12.3. The van der Waals surface area contributed by atoms with E-state index in [1.54, 1.807) is 12.1 Å². The van der Waals surface area contributed by atoms with E-state index in [1.165, 1.54) is 0 Å². The Morgan fingerprint density at radius 2 is 1.57 bits per heavy atom. The normalized spacial score (nSPS) is 13.3. The third-order valence-electron chi connectivity index (χ3n) is 3.77. The lowest BCUT2D eigenvalue weighted by Gasteiger charge is -2.30. The van der Waals surface area contributed by atoms with Gasteiger partial charge in [-0.3, -0.25) is 9.59 Å². The van der Waals surface area contributed by atoms with Gasteiger partial charge in [0.2, 0.25) is 5.91 Å². The zero-order chi connectivity index (χ0) is 16.7. The van der Waals surface area contributed by atoms with Crippen molar-refractivity contribution >= 4 is 11.7 Å². The molecular formula is C19H22N2O2. The second-order valence-electron chi connectivity index (χ2n) is 6.01. The fourth-order valence-corrected chi connectivity index (χ4v) is 2.64. The van der Waals surface area contributed by atoms with Gasteiger partial charge in [0, 0.05) is 17.5 Å². The molecule has 0 unspecified atom stereocenters. The molecule has 3 N–H and O–H groups in total. The maximum Gasteiger partial charge on any atom is 0.219 e. The molecule has 0 saturated carbocycles. The van der Waals surface area contributed by atoms with Crippen molar-refractivity contribution in [1.82, 2.24) is 5.32 Å². The number of nitrogens with one attached hydrogen (secondary N) is 1.